The van der Waals surface area contributed by atoms with E-state index in [9.17, 15) is 30.4 Å². The van der Waals surface area contributed by atoms with Gasteiger partial charge in [-0.2, -0.15) is 0 Å². The molecule has 30 heavy (non-hydrogen) atoms. The van der Waals surface area contributed by atoms with Gasteiger partial charge in [0.15, 0.2) is 39.1 Å². The number of nitrogens with one attached hydrogen (secondary N) is 2. The Bertz CT molecular complexity index is 1020. The lowest BCUT2D eigenvalue weighted by Gasteiger charge is -2.15. The summed E-state index contributed by atoms with van der Waals surface area (Å²) in [6.07, 6.45) is 1.04. The molecule has 2 aromatic rings. The Balaban J connectivity index is 0.00000450. The summed E-state index contributed by atoms with van der Waals surface area (Å²) in [5, 5.41) is 5.21. The van der Waals surface area contributed by atoms with E-state index in [4.69, 9.17) is 0 Å². The van der Waals surface area contributed by atoms with E-state index in [0.717, 1.165) is 18.4 Å². The van der Waals surface area contributed by atoms with Crippen LogP contribution in [0.1, 0.15) is 16.7 Å². The van der Waals surface area contributed by atoms with E-state index < -0.39 is 51.0 Å². The lowest BCUT2D eigenvalue weighted by Crippen LogP contribution is -2.37. The van der Waals surface area contributed by atoms with Crippen molar-refractivity contribution >= 4 is 39.8 Å². The van der Waals surface area contributed by atoms with E-state index >= 15 is 0 Å². The number of hydrogen-bond acceptors (Lipinski definition) is 3. The predicted octanol–water partition coefficient (Wildman–Crippen LogP) is 3.41. The molecule has 5 nitrogen and oxygen atoms in total. The molecule has 2 aromatic carbocycles. The van der Waals surface area contributed by atoms with Gasteiger partial charge in [-0.15, -0.1) is 24.0 Å². The van der Waals surface area contributed by atoms with Gasteiger partial charge in [-0.1, -0.05) is 6.07 Å². The smallest absolute Gasteiger partial charge is 0.191 e. The van der Waals surface area contributed by atoms with Crippen LogP contribution in [0.2, 0.25) is 0 Å². The maximum absolute atomic E-state index is 13.7. The molecular weight excluding hydrogens is 544 g/mol. The van der Waals surface area contributed by atoms with Gasteiger partial charge < -0.3 is 10.6 Å². The van der Waals surface area contributed by atoms with Crippen molar-refractivity contribution in [3.8, 4) is 0 Å². The second-order valence-electron chi connectivity index (χ2n) is 6.21. The van der Waals surface area contributed by atoms with E-state index in [2.05, 4.69) is 15.6 Å². The molecule has 0 unspecified atom stereocenters. The van der Waals surface area contributed by atoms with Crippen LogP contribution < -0.4 is 10.6 Å². The Kier molecular flexibility index (Phi) is 9.46. The number of rotatable bonds is 6. The summed E-state index contributed by atoms with van der Waals surface area (Å²) in [7, 11) is -2.04. The molecule has 0 aromatic heterocycles. The predicted molar refractivity (Wildman–Crippen MR) is 114 cm³/mol. The second-order valence-corrected chi connectivity index (χ2v) is 8.35. The first-order valence-electron chi connectivity index (χ1n) is 8.23. The fourth-order valence-electron chi connectivity index (χ4n) is 2.53. The van der Waals surface area contributed by atoms with Crippen LogP contribution >= 0.6 is 24.0 Å². The van der Waals surface area contributed by atoms with Crippen molar-refractivity contribution in [3.63, 3.8) is 0 Å². The highest BCUT2D eigenvalue weighted by Gasteiger charge is 2.19. The van der Waals surface area contributed by atoms with Crippen LogP contribution in [0, 0.1) is 29.1 Å². The van der Waals surface area contributed by atoms with Crippen LogP contribution in [0.5, 0.6) is 0 Å². The average molecular weight is 563 g/mol. The Morgan fingerprint density at radius 3 is 2.03 bits per heavy atom. The molecule has 0 heterocycles. The first-order chi connectivity index (χ1) is 13.5. The minimum Gasteiger partial charge on any atom is -0.352 e. The topological polar surface area (TPSA) is 70.6 Å². The van der Waals surface area contributed by atoms with E-state index in [1.54, 1.807) is 0 Å². The van der Waals surface area contributed by atoms with Gasteiger partial charge in [0.05, 0.1) is 5.75 Å². The van der Waals surface area contributed by atoms with E-state index in [1.807, 2.05) is 0 Å². The van der Waals surface area contributed by atoms with Gasteiger partial charge in [-0.3, -0.25) is 4.99 Å². The van der Waals surface area contributed by atoms with Gasteiger partial charge in [-0.05, 0) is 23.3 Å². The quantitative estimate of drug-likeness (QED) is 0.186. The largest absolute Gasteiger partial charge is 0.352 e. The molecule has 2 N–H and O–H groups in total. The highest BCUT2D eigenvalue weighted by Crippen LogP contribution is 2.19. The van der Waals surface area contributed by atoms with Gasteiger partial charge >= 0.3 is 0 Å². The molecule has 0 aliphatic carbocycles. The molecule has 0 atom stereocenters. The standard InChI is InChI=1S/C18H18F5N3O2S.HI/c1-24-18(26-8-13-16(22)14(20)6-15(21)17(13)23)25-7-11-5-12(19)4-3-10(11)9-29(2,27)28;/h3-6H,7-9H2,1-2H3,(H2,24,25,26);1H. The molecule has 0 fully saturated rings. The summed E-state index contributed by atoms with van der Waals surface area (Å²) in [5.41, 5.74) is -0.164. The Morgan fingerprint density at radius 2 is 1.50 bits per heavy atom. The lowest BCUT2D eigenvalue weighted by atomic mass is 10.1. The molecule has 0 aliphatic rings. The SMILES string of the molecule is CN=C(NCc1cc(F)ccc1CS(C)(=O)=O)NCc1c(F)c(F)cc(F)c1F.I. The van der Waals surface area contributed by atoms with Crippen molar-refractivity contribution in [1.82, 2.24) is 10.6 Å². The molecule has 2 rings (SSSR count). The molecule has 0 saturated heterocycles. The van der Waals surface area contributed by atoms with Crippen molar-refractivity contribution in [1.29, 1.82) is 0 Å². The summed E-state index contributed by atoms with van der Waals surface area (Å²) >= 11 is 0. The lowest BCUT2D eigenvalue weighted by molar-refractivity contribution is 0.437. The maximum Gasteiger partial charge on any atom is 0.191 e. The van der Waals surface area contributed by atoms with Gasteiger partial charge in [0.25, 0.3) is 0 Å². The molecule has 0 amide bonds. The summed E-state index contributed by atoms with van der Waals surface area (Å²) in [6, 6.07) is 3.71. The van der Waals surface area contributed by atoms with Gasteiger partial charge in [0.2, 0.25) is 0 Å². The van der Waals surface area contributed by atoms with Crippen molar-refractivity contribution in [3.05, 3.63) is 70.0 Å². The Labute approximate surface area is 187 Å². The first-order valence-corrected chi connectivity index (χ1v) is 10.3. The van der Waals surface area contributed by atoms with E-state index in [0.29, 0.717) is 11.1 Å². The Morgan fingerprint density at radius 1 is 0.933 bits per heavy atom. The minimum absolute atomic E-state index is 0. The van der Waals surface area contributed by atoms with Crippen molar-refractivity contribution in [2.75, 3.05) is 13.3 Å². The van der Waals surface area contributed by atoms with Gasteiger partial charge in [-0.25, -0.2) is 30.4 Å². The van der Waals surface area contributed by atoms with Crippen molar-refractivity contribution in [2.24, 2.45) is 4.99 Å². The zero-order valence-corrected chi connectivity index (χ0v) is 19.0. The molecule has 0 radical (unpaired) electrons. The number of guanidine groups is 1. The molecule has 12 heteroatoms. The zero-order chi connectivity index (χ0) is 21.8. The van der Waals surface area contributed by atoms with Crippen LogP contribution in [0.15, 0.2) is 29.3 Å². The fourth-order valence-corrected chi connectivity index (χ4v) is 3.38. The third-order valence-corrected chi connectivity index (χ3v) is 4.73. The normalized spacial score (nSPS) is 11.8. The van der Waals surface area contributed by atoms with Crippen molar-refractivity contribution < 1.29 is 30.4 Å². The third-order valence-electron chi connectivity index (χ3n) is 3.89. The maximum atomic E-state index is 13.7. The Hall–Kier alpha value is -1.96. The summed E-state index contributed by atoms with van der Waals surface area (Å²) in [5.74, 6) is -7.04. The zero-order valence-electron chi connectivity index (χ0n) is 15.9. The highest BCUT2D eigenvalue weighted by molar-refractivity contribution is 14.0. The highest BCUT2D eigenvalue weighted by atomic mass is 127. The molecule has 0 aliphatic heterocycles. The van der Waals surface area contributed by atoms with Crippen LogP contribution in [-0.4, -0.2) is 27.7 Å². The third kappa shape index (κ3) is 7.07. The number of halogens is 6. The average Bonchev–Trinajstić information content (AvgIpc) is 2.63. The summed E-state index contributed by atoms with van der Waals surface area (Å²) in [6.45, 7) is -0.684. The molecule has 166 valence electrons. The number of nitrogens with zero attached hydrogens (tertiary/aromatic N) is 1. The number of benzene rings is 2. The minimum atomic E-state index is -3.37. The molecule has 0 bridgehead atoms. The fraction of sp³-hybridized carbons (Fsp3) is 0.278. The number of sulfone groups is 1. The van der Waals surface area contributed by atoms with Crippen LogP contribution in [-0.2, 0) is 28.7 Å². The van der Waals surface area contributed by atoms with Crippen molar-refractivity contribution in [2.45, 2.75) is 18.8 Å². The second kappa shape index (κ2) is 10.9. The van der Waals surface area contributed by atoms with Gasteiger partial charge in [0, 0.05) is 38.0 Å². The number of aliphatic imine (C=N–C) groups is 1. The molecule has 0 spiro atoms. The molecular formula is C18H19F5IN3O2S. The van der Waals surface area contributed by atoms with Crippen LogP contribution in [0.3, 0.4) is 0 Å². The molecule has 0 saturated carbocycles. The van der Waals surface area contributed by atoms with E-state index in [1.165, 1.54) is 13.1 Å². The van der Waals surface area contributed by atoms with Crippen LogP contribution in [0.4, 0.5) is 22.0 Å². The first kappa shape index (κ1) is 26.1. The van der Waals surface area contributed by atoms with E-state index in [-0.39, 0.29) is 48.3 Å². The monoisotopic (exact) mass is 563 g/mol. The number of hydrogen-bond donors (Lipinski definition) is 2. The summed E-state index contributed by atoms with van der Waals surface area (Å²) in [4.78, 5) is 3.80. The summed E-state index contributed by atoms with van der Waals surface area (Å²) < 4.78 is 90.6. The van der Waals surface area contributed by atoms with Crippen LogP contribution in [0.25, 0.3) is 0 Å². The van der Waals surface area contributed by atoms with Gasteiger partial charge in [0.1, 0.15) is 5.82 Å².